The van der Waals surface area contributed by atoms with E-state index in [-0.39, 0.29) is 0 Å². The van der Waals surface area contributed by atoms with E-state index in [9.17, 15) is 9.59 Å². The molecule has 4 aromatic heterocycles. The number of carbonyl (C=O) groups is 2. The highest BCUT2D eigenvalue weighted by Gasteiger charge is 2.25. The van der Waals surface area contributed by atoms with Crippen LogP contribution in [0.4, 0.5) is 0 Å². The molecule has 0 radical (unpaired) electrons. The Morgan fingerprint density at radius 1 is 0.645 bits per heavy atom. The maximum absolute atomic E-state index is 11.9. The van der Waals surface area contributed by atoms with E-state index in [0.29, 0.717) is 0 Å². The molecule has 0 N–H and O–H groups in total. The molecule has 0 atom stereocenters. The lowest BCUT2D eigenvalue weighted by Gasteiger charge is -2.07. The molecule has 1 aliphatic rings. The van der Waals surface area contributed by atoms with Gasteiger partial charge in [-0.15, -0.1) is 45.3 Å². The minimum absolute atomic E-state index is 0.785. The van der Waals surface area contributed by atoms with Crippen LogP contribution in [0.25, 0.3) is 30.7 Å². The molecule has 6 heteroatoms. The molecule has 4 aromatic rings. The summed E-state index contributed by atoms with van der Waals surface area (Å²) >= 11 is 6.65. The van der Waals surface area contributed by atoms with Gasteiger partial charge in [-0.05, 0) is 91.8 Å². The number of aryl methyl sites for hydroxylation is 2. The largest absolute Gasteiger partial charge is 0.297 e. The number of carbonyl (C=O) groups excluding carboxylic acids is 2. The second kappa shape index (κ2) is 8.43. The van der Waals surface area contributed by atoms with Crippen LogP contribution in [-0.4, -0.2) is 12.6 Å². The lowest BCUT2D eigenvalue weighted by Crippen LogP contribution is -1.89. The second-order valence-corrected chi connectivity index (χ2v) is 12.4. The van der Waals surface area contributed by atoms with Gasteiger partial charge in [0.25, 0.3) is 0 Å². The molecule has 2 nitrogen and oxygen atoms in total. The SMILES string of the molecule is Cc1ccc(-c2cc(C3=C(c4cc(-c5ccc(C)s5)sc4C=O)CCC3)c(C=O)s2)s1. The zero-order valence-electron chi connectivity index (χ0n) is 17.2. The Kier molecular flexibility index (Phi) is 5.65. The van der Waals surface area contributed by atoms with Crippen LogP contribution in [0.5, 0.6) is 0 Å². The maximum Gasteiger partial charge on any atom is 0.160 e. The summed E-state index contributed by atoms with van der Waals surface area (Å²) in [4.78, 5) is 32.7. The lowest BCUT2D eigenvalue weighted by molar-refractivity contribution is 0.111. The molecule has 0 unspecified atom stereocenters. The van der Waals surface area contributed by atoms with Crippen molar-refractivity contribution in [1.82, 2.24) is 0 Å². The number of hydrogen-bond donors (Lipinski definition) is 0. The van der Waals surface area contributed by atoms with E-state index in [4.69, 9.17) is 0 Å². The van der Waals surface area contributed by atoms with Gasteiger partial charge in [-0.1, -0.05) is 0 Å². The molecule has 156 valence electrons. The highest BCUT2D eigenvalue weighted by molar-refractivity contribution is 7.23. The van der Waals surface area contributed by atoms with Crippen molar-refractivity contribution in [1.29, 1.82) is 0 Å². The molecule has 0 aliphatic heterocycles. The Balaban J connectivity index is 1.63. The molecule has 31 heavy (non-hydrogen) atoms. The first-order valence-corrected chi connectivity index (χ1v) is 13.4. The van der Waals surface area contributed by atoms with Gasteiger partial charge in [0.1, 0.15) is 0 Å². The Morgan fingerprint density at radius 3 is 1.45 bits per heavy atom. The number of hydrogen-bond acceptors (Lipinski definition) is 6. The van der Waals surface area contributed by atoms with Gasteiger partial charge in [-0.3, -0.25) is 9.59 Å². The summed E-state index contributed by atoms with van der Waals surface area (Å²) in [5.41, 5.74) is 4.55. The van der Waals surface area contributed by atoms with Crippen molar-refractivity contribution >= 4 is 69.1 Å². The van der Waals surface area contributed by atoms with Crippen LogP contribution in [0.15, 0.2) is 36.4 Å². The van der Waals surface area contributed by atoms with Crippen LogP contribution in [0, 0.1) is 13.8 Å². The Morgan fingerprint density at radius 2 is 1.10 bits per heavy atom. The zero-order chi connectivity index (χ0) is 21.5. The molecule has 0 bridgehead atoms. The zero-order valence-corrected chi connectivity index (χ0v) is 20.5. The summed E-state index contributed by atoms with van der Waals surface area (Å²) in [6.07, 6.45) is 4.91. The Bertz CT molecular complexity index is 1220. The molecule has 0 fully saturated rings. The average molecular weight is 481 g/mol. The summed E-state index contributed by atoms with van der Waals surface area (Å²) in [7, 11) is 0. The van der Waals surface area contributed by atoms with Gasteiger partial charge in [-0.2, -0.15) is 0 Å². The molecular weight excluding hydrogens is 461 g/mol. The fourth-order valence-corrected chi connectivity index (χ4v) is 8.07. The predicted molar refractivity (Wildman–Crippen MR) is 136 cm³/mol. The van der Waals surface area contributed by atoms with Crippen LogP contribution < -0.4 is 0 Å². The monoisotopic (exact) mass is 480 g/mol. The van der Waals surface area contributed by atoms with Gasteiger partial charge in [-0.25, -0.2) is 0 Å². The van der Waals surface area contributed by atoms with Crippen molar-refractivity contribution in [3.8, 4) is 19.5 Å². The van der Waals surface area contributed by atoms with Gasteiger partial charge in [0.15, 0.2) is 12.6 Å². The van der Waals surface area contributed by atoms with Crippen LogP contribution >= 0.6 is 45.3 Å². The first-order valence-electron chi connectivity index (χ1n) is 10.1. The Labute approximate surface area is 197 Å². The number of thiophene rings is 4. The van der Waals surface area contributed by atoms with Gasteiger partial charge >= 0.3 is 0 Å². The van der Waals surface area contributed by atoms with E-state index in [2.05, 4.69) is 50.2 Å². The van der Waals surface area contributed by atoms with E-state index in [1.165, 1.54) is 30.7 Å². The van der Waals surface area contributed by atoms with E-state index >= 15 is 0 Å². The first kappa shape index (κ1) is 20.8. The third-order valence-electron chi connectivity index (χ3n) is 5.57. The van der Waals surface area contributed by atoms with Crippen molar-refractivity contribution in [3.63, 3.8) is 0 Å². The molecular formula is C25H20O2S4. The summed E-state index contributed by atoms with van der Waals surface area (Å²) in [5, 5.41) is 0. The van der Waals surface area contributed by atoms with Crippen molar-refractivity contribution in [2.75, 3.05) is 0 Å². The number of aldehydes is 2. The molecule has 0 aromatic carbocycles. The van der Waals surface area contributed by atoms with Crippen molar-refractivity contribution in [2.45, 2.75) is 33.1 Å². The smallest absolute Gasteiger partial charge is 0.160 e. The minimum atomic E-state index is 0.785. The fraction of sp³-hybridized carbons (Fsp3) is 0.200. The highest BCUT2D eigenvalue weighted by Crippen LogP contribution is 2.47. The van der Waals surface area contributed by atoms with Gasteiger partial charge in [0, 0.05) is 29.3 Å². The van der Waals surface area contributed by atoms with E-state index in [1.807, 2.05) is 0 Å². The lowest BCUT2D eigenvalue weighted by atomic mass is 9.97. The van der Waals surface area contributed by atoms with Crippen molar-refractivity contribution < 1.29 is 9.59 Å². The van der Waals surface area contributed by atoms with Crippen LogP contribution in [-0.2, 0) is 0 Å². The van der Waals surface area contributed by atoms with E-state index in [1.54, 1.807) is 45.3 Å². The molecule has 0 amide bonds. The molecule has 4 heterocycles. The van der Waals surface area contributed by atoms with Crippen LogP contribution in [0.1, 0.15) is 59.5 Å². The average Bonchev–Trinajstić information content (AvgIpc) is 3.55. The van der Waals surface area contributed by atoms with Gasteiger partial charge in [0.05, 0.1) is 9.75 Å². The summed E-state index contributed by atoms with van der Waals surface area (Å²) in [6.45, 7) is 4.20. The standard InChI is InChI=1S/C25H20O2S4/c1-14-6-8-20(28-14)22-10-18(24(12-26)30-22)16-4-3-5-17(16)19-11-23(31-25(19)13-27)21-9-7-15(2)29-21/h6-13H,3-5H2,1-2H3. The summed E-state index contributed by atoms with van der Waals surface area (Å²) in [6, 6.07) is 12.9. The quantitative estimate of drug-likeness (QED) is 0.259. The van der Waals surface area contributed by atoms with Crippen LogP contribution in [0.3, 0.4) is 0 Å². The van der Waals surface area contributed by atoms with E-state index in [0.717, 1.165) is 62.5 Å². The topological polar surface area (TPSA) is 34.1 Å². The van der Waals surface area contributed by atoms with Crippen LogP contribution in [0.2, 0.25) is 0 Å². The van der Waals surface area contributed by atoms with Gasteiger partial charge in [0.2, 0.25) is 0 Å². The molecule has 0 saturated carbocycles. The third kappa shape index (κ3) is 3.82. The molecule has 5 rings (SSSR count). The third-order valence-corrected chi connectivity index (χ3v) is 10.1. The highest BCUT2D eigenvalue weighted by atomic mass is 32.1. The molecule has 0 saturated heterocycles. The maximum atomic E-state index is 11.9. The normalized spacial score (nSPS) is 13.9. The summed E-state index contributed by atoms with van der Waals surface area (Å²) in [5.74, 6) is 0. The summed E-state index contributed by atoms with van der Waals surface area (Å²) < 4.78 is 0. The molecule has 0 spiro atoms. The predicted octanol–water partition coefficient (Wildman–Crippen LogP) is 8.60. The minimum Gasteiger partial charge on any atom is -0.297 e. The fourth-order valence-electron chi connectivity index (χ4n) is 4.17. The van der Waals surface area contributed by atoms with Gasteiger partial charge < -0.3 is 0 Å². The molecule has 1 aliphatic carbocycles. The first-order chi connectivity index (χ1) is 15.1. The Hall–Kier alpha value is -2.12. The van der Waals surface area contributed by atoms with Crippen molar-refractivity contribution in [3.05, 3.63) is 67.0 Å². The number of allylic oxidation sites excluding steroid dienone is 2. The van der Waals surface area contributed by atoms with Crippen molar-refractivity contribution in [2.24, 2.45) is 0 Å². The van der Waals surface area contributed by atoms with E-state index < -0.39 is 0 Å². The number of rotatable bonds is 6. The second-order valence-electron chi connectivity index (χ2n) is 7.64.